The zero-order valence-electron chi connectivity index (χ0n) is 23.9. The van der Waals surface area contributed by atoms with Crippen molar-refractivity contribution in [3.63, 3.8) is 0 Å². The first kappa shape index (κ1) is 28.3. The van der Waals surface area contributed by atoms with Crippen LogP contribution in [0, 0.1) is 18.6 Å². The van der Waals surface area contributed by atoms with E-state index >= 15 is 8.78 Å². The van der Waals surface area contributed by atoms with Crippen molar-refractivity contribution in [1.82, 2.24) is 14.7 Å². The summed E-state index contributed by atoms with van der Waals surface area (Å²) in [5.74, 6) is -0.638. The number of para-hydroxylation sites is 1. The molecule has 1 aliphatic rings. The number of rotatable bonds is 8. The van der Waals surface area contributed by atoms with E-state index in [1.54, 1.807) is 7.11 Å². The van der Waals surface area contributed by atoms with Crippen LogP contribution in [0.2, 0.25) is 0 Å². The highest BCUT2D eigenvalue weighted by Gasteiger charge is 2.30. The van der Waals surface area contributed by atoms with E-state index in [0.29, 0.717) is 25.2 Å². The summed E-state index contributed by atoms with van der Waals surface area (Å²) in [7, 11) is 1.65. The molecule has 1 aliphatic heterocycles. The van der Waals surface area contributed by atoms with Crippen LogP contribution in [0.25, 0.3) is 16.9 Å². The molecule has 0 saturated heterocycles. The summed E-state index contributed by atoms with van der Waals surface area (Å²) < 4.78 is 38.2. The van der Waals surface area contributed by atoms with Crippen LogP contribution in [0.15, 0.2) is 48.5 Å². The van der Waals surface area contributed by atoms with E-state index in [2.05, 4.69) is 49.2 Å². The molecule has 9 heteroatoms. The molecule has 2 amide bonds. The number of nitrogens with one attached hydrogen (secondary N) is 1. The Labute approximate surface area is 238 Å². The highest BCUT2D eigenvalue weighted by atomic mass is 19.1. The van der Waals surface area contributed by atoms with Crippen molar-refractivity contribution in [2.45, 2.75) is 53.1 Å². The molecule has 4 aromatic rings. The van der Waals surface area contributed by atoms with Crippen LogP contribution in [0.1, 0.15) is 47.4 Å². The van der Waals surface area contributed by atoms with Gasteiger partial charge in [0.25, 0.3) is 0 Å². The summed E-state index contributed by atoms with van der Waals surface area (Å²) in [5, 5.41) is 7.20. The Balaban J connectivity index is 1.66. The molecule has 0 unspecified atom stereocenters. The number of fused-ring (bicyclic) bond motifs is 1. The summed E-state index contributed by atoms with van der Waals surface area (Å²) >= 11 is 0. The molecule has 0 spiro atoms. The number of aryl methyl sites for hydroxylation is 3. The quantitative estimate of drug-likeness (QED) is 0.265. The molecule has 0 aliphatic carbocycles. The third-order valence-corrected chi connectivity index (χ3v) is 7.80. The van der Waals surface area contributed by atoms with Gasteiger partial charge in [-0.3, -0.25) is 4.90 Å². The topological polar surface area (TPSA) is 85.4 Å². The number of carbonyl (C=O) groups excluding carboxylic acids is 1. The number of hydrogen-bond acceptors (Lipinski definition) is 4. The van der Waals surface area contributed by atoms with Crippen LogP contribution in [0.3, 0.4) is 0 Å². The Kier molecular flexibility index (Phi) is 8.08. The number of carbonyl (C=O) groups is 1. The average Bonchev–Trinajstić information content (AvgIpc) is 3.33. The van der Waals surface area contributed by atoms with Crippen molar-refractivity contribution in [2.24, 2.45) is 5.73 Å². The second-order valence-electron chi connectivity index (χ2n) is 10.4. The number of halogens is 2. The summed E-state index contributed by atoms with van der Waals surface area (Å²) in [4.78, 5) is 13.7. The molecule has 41 heavy (non-hydrogen) atoms. The summed E-state index contributed by atoms with van der Waals surface area (Å²) in [5.41, 5.74) is 12.6. The number of aromatic nitrogens is 2. The molecule has 5 rings (SSSR count). The SMILES string of the molecule is CCc1cccc(CC)c1-n1nc2c(c1-c1cc(F)c(NC(N)=O)cc1F)CN(Cc1ccc(OC)cc1C)CC2. The average molecular weight is 560 g/mol. The van der Waals surface area contributed by atoms with E-state index in [1.807, 2.05) is 22.9 Å². The van der Waals surface area contributed by atoms with Crippen LogP contribution in [-0.4, -0.2) is 34.4 Å². The van der Waals surface area contributed by atoms with Crippen LogP contribution in [0.5, 0.6) is 5.75 Å². The lowest BCUT2D eigenvalue weighted by molar-refractivity contribution is 0.244. The molecule has 214 valence electrons. The van der Waals surface area contributed by atoms with Gasteiger partial charge in [0.1, 0.15) is 17.4 Å². The highest BCUT2D eigenvalue weighted by molar-refractivity contribution is 5.88. The number of primary amides is 1. The maximum atomic E-state index is 15.8. The van der Waals surface area contributed by atoms with Gasteiger partial charge in [0, 0.05) is 43.2 Å². The van der Waals surface area contributed by atoms with Gasteiger partial charge in [0.05, 0.1) is 29.9 Å². The Morgan fingerprint density at radius 3 is 2.41 bits per heavy atom. The lowest BCUT2D eigenvalue weighted by Crippen LogP contribution is -2.30. The minimum Gasteiger partial charge on any atom is -0.497 e. The predicted molar refractivity (Wildman–Crippen MR) is 156 cm³/mol. The van der Waals surface area contributed by atoms with Crippen LogP contribution >= 0.6 is 0 Å². The smallest absolute Gasteiger partial charge is 0.316 e. The van der Waals surface area contributed by atoms with E-state index in [1.165, 1.54) is 5.56 Å². The highest BCUT2D eigenvalue weighted by Crippen LogP contribution is 2.38. The van der Waals surface area contributed by atoms with Crippen molar-refractivity contribution < 1.29 is 18.3 Å². The number of anilines is 1. The summed E-state index contributed by atoms with van der Waals surface area (Å²) in [6.07, 6.45) is 2.19. The van der Waals surface area contributed by atoms with Crippen molar-refractivity contribution in [1.29, 1.82) is 0 Å². The van der Waals surface area contributed by atoms with Gasteiger partial charge in [-0.05, 0) is 60.2 Å². The molecule has 2 heterocycles. The van der Waals surface area contributed by atoms with E-state index in [9.17, 15) is 4.79 Å². The van der Waals surface area contributed by atoms with Crippen molar-refractivity contribution in [2.75, 3.05) is 19.0 Å². The number of hydrogen-bond donors (Lipinski definition) is 2. The molecule has 0 bridgehead atoms. The van der Waals surface area contributed by atoms with Crippen molar-refractivity contribution >= 4 is 11.7 Å². The second-order valence-corrected chi connectivity index (χ2v) is 10.4. The number of methoxy groups -OCH3 is 1. The van der Waals surface area contributed by atoms with Crippen LogP contribution < -0.4 is 15.8 Å². The molecule has 3 N–H and O–H groups in total. The van der Waals surface area contributed by atoms with E-state index < -0.39 is 17.7 Å². The van der Waals surface area contributed by atoms with Crippen molar-refractivity contribution in [3.05, 3.63) is 93.7 Å². The van der Waals surface area contributed by atoms with Gasteiger partial charge in [-0.2, -0.15) is 5.10 Å². The van der Waals surface area contributed by atoms with Gasteiger partial charge in [-0.1, -0.05) is 38.1 Å². The summed E-state index contributed by atoms with van der Waals surface area (Å²) in [6.45, 7) is 8.21. The third-order valence-electron chi connectivity index (χ3n) is 7.80. The first-order valence-electron chi connectivity index (χ1n) is 13.9. The van der Waals surface area contributed by atoms with Gasteiger partial charge >= 0.3 is 6.03 Å². The van der Waals surface area contributed by atoms with Crippen LogP contribution in [-0.2, 0) is 32.4 Å². The molecule has 1 aromatic heterocycles. The van der Waals surface area contributed by atoms with E-state index in [-0.39, 0.29) is 11.3 Å². The van der Waals surface area contributed by atoms with Crippen molar-refractivity contribution in [3.8, 4) is 22.7 Å². The zero-order chi connectivity index (χ0) is 29.3. The fourth-order valence-electron chi connectivity index (χ4n) is 5.66. The fraction of sp³-hybridized carbons (Fsp3) is 0.312. The molecular weight excluding hydrogens is 524 g/mol. The number of urea groups is 1. The van der Waals surface area contributed by atoms with Gasteiger partial charge in [0.2, 0.25) is 0 Å². The monoisotopic (exact) mass is 559 g/mol. The Bertz CT molecular complexity index is 1590. The number of nitrogens with zero attached hydrogens (tertiary/aromatic N) is 3. The third kappa shape index (κ3) is 5.54. The van der Waals surface area contributed by atoms with Gasteiger partial charge in [-0.25, -0.2) is 18.3 Å². The Morgan fingerprint density at radius 2 is 1.78 bits per heavy atom. The predicted octanol–water partition coefficient (Wildman–Crippen LogP) is 6.31. The maximum Gasteiger partial charge on any atom is 0.316 e. The fourth-order valence-corrected chi connectivity index (χ4v) is 5.66. The molecular formula is C32H35F2N5O2. The normalized spacial score (nSPS) is 13.2. The number of benzene rings is 3. The maximum absolute atomic E-state index is 15.8. The van der Waals surface area contributed by atoms with Gasteiger partial charge < -0.3 is 15.8 Å². The van der Waals surface area contributed by atoms with Gasteiger partial charge in [-0.15, -0.1) is 0 Å². The minimum atomic E-state index is -0.965. The minimum absolute atomic E-state index is 0.0849. The molecule has 0 saturated carbocycles. The molecule has 3 aromatic carbocycles. The summed E-state index contributed by atoms with van der Waals surface area (Å²) in [6, 6.07) is 13.3. The lowest BCUT2D eigenvalue weighted by atomic mass is 9.98. The standard InChI is InChI=1S/C32H35F2N5O2/c1-5-20-8-7-9-21(6-2)30(20)39-31(24-15-27(34)29(16-26(24)33)36-32(35)40)25-18-38(13-12-28(25)37-39)17-22-10-11-23(41-4)14-19(22)3/h7-11,14-16H,5-6,12-13,17-18H2,1-4H3,(H3,35,36,40). The van der Waals surface area contributed by atoms with E-state index in [4.69, 9.17) is 15.6 Å². The first-order chi connectivity index (χ1) is 19.7. The lowest BCUT2D eigenvalue weighted by Gasteiger charge is -2.27. The Morgan fingerprint density at radius 1 is 1.05 bits per heavy atom. The van der Waals surface area contributed by atoms with Crippen LogP contribution in [0.4, 0.5) is 19.3 Å². The Hall–Kier alpha value is -4.24. The molecule has 0 atom stereocenters. The first-order valence-corrected chi connectivity index (χ1v) is 13.9. The second kappa shape index (κ2) is 11.7. The zero-order valence-corrected chi connectivity index (χ0v) is 23.9. The van der Waals surface area contributed by atoms with Gasteiger partial charge in [0.15, 0.2) is 0 Å². The molecule has 7 nitrogen and oxygen atoms in total. The number of amides is 2. The molecule has 0 radical (unpaired) electrons. The number of nitrogens with two attached hydrogens (primary N) is 1. The largest absolute Gasteiger partial charge is 0.497 e. The molecule has 0 fully saturated rings. The van der Waals surface area contributed by atoms with E-state index in [0.717, 1.165) is 70.9 Å². The number of ether oxygens (including phenoxy) is 1.